The maximum absolute atomic E-state index is 2.39. The van der Waals surface area contributed by atoms with Gasteiger partial charge in [0.1, 0.15) is 0 Å². The van der Waals surface area contributed by atoms with Gasteiger partial charge < -0.3 is 0 Å². The first-order chi connectivity index (χ1) is 17.2. The first-order valence-corrected chi connectivity index (χ1v) is 12.7. The predicted octanol–water partition coefficient (Wildman–Crippen LogP) is 9.77. The zero-order valence-electron chi connectivity index (χ0n) is 20.5. The van der Waals surface area contributed by atoms with Crippen LogP contribution in [-0.4, -0.2) is 0 Å². The van der Waals surface area contributed by atoms with E-state index in [1.807, 2.05) is 0 Å². The number of fused-ring (bicyclic) bond motifs is 3. The lowest BCUT2D eigenvalue weighted by atomic mass is 9.91. The van der Waals surface area contributed by atoms with E-state index in [1.165, 1.54) is 61.2 Å². The minimum atomic E-state index is 0.588. The molecular formula is C35H30. The van der Waals surface area contributed by atoms with E-state index >= 15 is 0 Å². The Balaban J connectivity index is 1.48. The summed E-state index contributed by atoms with van der Waals surface area (Å²) in [5.41, 5.74) is 14.6. The van der Waals surface area contributed by atoms with Crippen molar-refractivity contribution in [3.63, 3.8) is 0 Å². The molecule has 0 bridgehead atoms. The zero-order chi connectivity index (χ0) is 23.8. The Kier molecular flexibility index (Phi) is 5.58. The minimum absolute atomic E-state index is 0.588. The summed E-state index contributed by atoms with van der Waals surface area (Å²) in [5, 5.41) is 0. The third-order valence-electron chi connectivity index (χ3n) is 7.60. The fourth-order valence-electron chi connectivity index (χ4n) is 5.30. The van der Waals surface area contributed by atoms with Gasteiger partial charge in [-0.3, -0.25) is 0 Å². The van der Waals surface area contributed by atoms with Crippen LogP contribution in [0.4, 0.5) is 0 Å². The summed E-state index contributed by atoms with van der Waals surface area (Å²) < 4.78 is 0. The normalized spacial score (nSPS) is 12.7. The Bertz CT molecular complexity index is 1490. The quantitative estimate of drug-likeness (QED) is 0.245. The highest BCUT2D eigenvalue weighted by molar-refractivity contribution is 5.85. The van der Waals surface area contributed by atoms with Gasteiger partial charge in [0.15, 0.2) is 0 Å². The van der Waals surface area contributed by atoms with E-state index in [2.05, 4.69) is 129 Å². The number of hydrogen-bond acceptors (Lipinski definition) is 0. The first-order valence-electron chi connectivity index (χ1n) is 12.7. The topological polar surface area (TPSA) is 0 Å². The molecule has 0 saturated carbocycles. The van der Waals surface area contributed by atoms with Gasteiger partial charge in [0.05, 0.1) is 0 Å². The summed E-state index contributed by atoms with van der Waals surface area (Å²) in [6, 6.07) is 42.7. The Morgan fingerprint density at radius 2 is 1.09 bits per heavy atom. The molecule has 5 aromatic carbocycles. The van der Waals surface area contributed by atoms with Crippen molar-refractivity contribution in [1.82, 2.24) is 0 Å². The molecular weight excluding hydrogens is 420 g/mol. The van der Waals surface area contributed by atoms with Gasteiger partial charge in [0, 0.05) is 0 Å². The summed E-state index contributed by atoms with van der Waals surface area (Å²) in [5.74, 6) is 0.588. The fourth-order valence-corrected chi connectivity index (χ4v) is 5.30. The minimum Gasteiger partial charge on any atom is -0.0648 e. The number of rotatable bonds is 5. The van der Waals surface area contributed by atoms with Crippen LogP contribution in [-0.2, 0) is 6.42 Å². The second-order valence-corrected chi connectivity index (χ2v) is 9.80. The molecule has 1 aliphatic carbocycles. The summed E-state index contributed by atoms with van der Waals surface area (Å²) in [7, 11) is 0. The van der Waals surface area contributed by atoms with Gasteiger partial charge in [0.2, 0.25) is 0 Å². The standard InChI is InChI=1S/C35H30/c1-3-24(2)25-13-15-27(16-14-25)32-20-31(26-9-5-4-6-10-26)21-33(22-32)28-17-18-30-19-29-11-7-8-12-34(29)35(30)23-28/h4-18,20-24H,3,19H2,1-2H3. The second-order valence-electron chi connectivity index (χ2n) is 9.80. The average molecular weight is 451 g/mol. The van der Waals surface area contributed by atoms with Gasteiger partial charge in [-0.1, -0.05) is 105 Å². The molecule has 35 heavy (non-hydrogen) atoms. The van der Waals surface area contributed by atoms with Crippen molar-refractivity contribution in [1.29, 1.82) is 0 Å². The lowest BCUT2D eigenvalue weighted by Gasteiger charge is -2.14. The third kappa shape index (κ3) is 4.10. The van der Waals surface area contributed by atoms with Gasteiger partial charge in [-0.25, -0.2) is 0 Å². The van der Waals surface area contributed by atoms with Gasteiger partial charge in [-0.2, -0.15) is 0 Å². The van der Waals surface area contributed by atoms with Crippen LogP contribution >= 0.6 is 0 Å². The largest absolute Gasteiger partial charge is 0.0648 e. The number of benzene rings is 5. The van der Waals surface area contributed by atoms with Crippen LogP contribution < -0.4 is 0 Å². The van der Waals surface area contributed by atoms with E-state index in [4.69, 9.17) is 0 Å². The fraction of sp³-hybridized carbons (Fsp3) is 0.143. The molecule has 1 atom stereocenters. The summed E-state index contributed by atoms with van der Waals surface area (Å²) in [6.07, 6.45) is 2.19. The second kappa shape index (κ2) is 9.04. The Morgan fingerprint density at radius 3 is 1.80 bits per heavy atom. The molecule has 6 rings (SSSR count). The van der Waals surface area contributed by atoms with Crippen LogP contribution in [0.1, 0.15) is 42.9 Å². The summed E-state index contributed by atoms with van der Waals surface area (Å²) >= 11 is 0. The van der Waals surface area contributed by atoms with E-state index in [0.717, 1.165) is 12.8 Å². The molecule has 170 valence electrons. The molecule has 0 amide bonds. The highest BCUT2D eigenvalue weighted by atomic mass is 14.2. The molecule has 0 aromatic heterocycles. The zero-order valence-corrected chi connectivity index (χ0v) is 20.5. The van der Waals surface area contributed by atoms with Gasteiger partial charge >= 0.3 is 0 Å². The molecule has 0 nitrogen and oxygen atoms in total. The van der Waals surface area contributed by atoms with Crippen molar-refractivity contribution in [3.05, 3.63) is 132 Å². The first kappa shape index (κ1) is 21.6. The molecule has 1 unspecified atom stereocenters. The van der Waals surface area contributed by atoms with Crippen molar-refractivity contribution in [2.24, 2.45) is 0 Å². The molecule has 5 aromatic rings. The van der Waals surface area contributed by atoms with E-state index < -0.39 is 0 Å². The Labute approximate surface area is 208 Å². The van der Waals surface area contributed by atoms with Gasteiger partial charge in [0.25, 0.3) is 0 Å². The predicted molar refractivity (Wildman–Crippen MR) is 150 cm³/mol. The van der Waals surface area contributed by atoms with Crippen LogP contribution in [0.3, 0.4) is 0 Å². The molecule has 0 saturated heterocycles. The highest BCUT2D eigenvalue weighted by Gasteiger charge is 2.18. The lowest BCUT2D eigenvalue weighted by Crippen LogP contribution is -1.91. The SMILES string of the molecule is CCC(C)c1ccc(-c2cc(-c3ccccc3)cc(-c3ccc4c(c3)-c3ccccc3C4)c2)cc1. The maximum atomic E-state index is 2.39. The monoisotopic (exact) mass is 450 g/mol. The number of hydrogen-bond donors (Lipinski definition) is 0. The van der Waals surface area contributed by atoms with Crippen LogP contribution in [0.2, 0.25) is 0 Å². The third-order valence-corrected chi connectivity index (χ3v) is 7.60. The molecule has 0 radical (unpaired) electrons. The molecule has 0 aliphatic heterocycles. The van der Waals surface area contributed by atoms with Gasteiger partial charge in [-0.05, 0) is 104 Å². The Morgan fingerprint density at radius 1 is 0.514 bits per heavy atom. The van der Waals surface area contributed by atoms with Crippen LogP contribution in [0.5, 0.6) is 0 Å². The van der Waals surface area contributed by atoms with Crippen molar-refractivity contribution >= 4 is 0 Å². The van der Waals surface area contributed by atoms with E-state index in [9.17, 15) is 0 Å². The van der Waals surface area contributed by atoms with E-state index in [1.54, 1.807) is 0 Å². The molecule has 0 N–H and O–H groups in total. The van der Waals surface area contributed by atoms with E-state index in [-0.39, 0.29) is 0 Å². The van der Waals surface area contributed by atoms with Crippen LogP contribution in [0.25, 0.3) is 44.5 Å². The van der Waals surface area contributed by atoms with E-state index in [0.29, 0.717) is 5.92 Å². The average Bonchev–Trinajstić information content (AvgIpc) is 3.31. The van der Waals surface area contributed by atoms with Crippen molar-refractivity contribution in [2.75, 3.05) is 0 Å². The smallest absolute Gasteiger partial charge is 0.00134 e. The summed E-state index contributed by atoms with van der Waals surface area (Å²) in [4.78, 5) is 0. The molecule has 1 aliphatic rings. The van der Waals surface area contributed by atoms with Crippen molar-refractivity contribution in [3.8, 4) is 44.5 Å². The molecule has 0 fully saturated rings. The molecule has 0 heteroatoms. The highest BCUT2D eigenvalue weighted by Crippen LogP contribution is 2.40. The molecule has 0 heterocycles. The van der Waals surface area contributed by atoms with Crippen molar-refractivity contribution in [2.45, 2.75) is 32.6 Å². The van der Waals surface area contributed by atoms with Crippen molar-refractivity contribution < 1.29 is 0 Å². The van der Waals surface area contributed by atoms with Gasteiger partial charge in [-0.15, -0.1) is 0 Å². The Hall–Kier alpha value is -3.90. The lowest BCUT2D eigenvalue weighted by molar-refractivity contribution is 0.734. The molecule has 0 spiro atoms. The summed E-state index contributed by atoms with van der Waals surface area (Å²) in [6.45, 7) is 4.55. The van der Waals surface area contributed by atoms with Crippen LogP contribution in [0.15, 0.2) is 115 Å². The van der Waals surface area contributed by atoms with Crippen LogP contribution in [0, 0.1) is 0 Å². The maximum Gasteiger partial charge on any atom is -0.00134 e.